The Bertz CT molecular complexity index is 1530. The molecule has 1 heterocycles. The molecule has 0 saturated carbocycles. The van der Waals surface area contributed by atoms with Gasteiger partial charge in [0.1, 0.15) is 0 Å². The average molecular weight is 1060 g/mol. The molecule has 0 aromatic rings. The van der Waals surface area contributed by atoms with Gasteiger partial charge in [-0.15, -0.1) is 0 Å². The van der Waals surface area contributed by atoms with Gasteiger partial charge in [0.15, 0.2) is 0 Å². The van der Waals surface area contributed by atoms with Gasteiger partial charge in [-0.2, -0.15) is 0 Å². The summed E-state index contributed by atoms with van der Waals surface area (Å²) in [5, 5.41) is 3.48. The number of hydrogen-bond donors (Lipinski definition) is 0. The van der Waals surface area contributed by atoms with Gasteiger partial charge in [0.2, 0.25) is 0 Å². The van der Waals surface area contributed by atoms with Crippen molar-refractivity contribution in [1.29, 1.82) is 0 Å². The van der Waals surface area contributed by atoms with Crippen LogP contribution in [0.3, 0.4) is 0 Å². The van der Waals surface area contributed by atoms with Crippen molar-refractivity contribution in [1.82, 2.24) is 0 Å². The first-order valence-corrected chi connectivity index (χ1v) is 58.5. The van der Waals surface area contributed by atoms with Crippen LogP contribution >= 0.6 is 0 Å². The lowest BCUT2D eigenvalue weighted by Gasteiger charge is -2.80. The first-order chi connectivity index (χ1) is 26.7. The molecule has 0 N–H and O–H groups in total. The van der Waals surface area contributed by atoms with E-state index in [0.29, 0.717) is 30.2 Å². The Hall–Kier alpha value is 2.17. The maximum atomic E-state index is 3.28. The van der Waals surface area contributed by atoms with Crippen molar-refractivity contribution in [3.05, 3.63) is 0 Å². The van der Waals surface area contributed by atoms with Crippen molar-refractivity contribution >= 4 is 71.7 Å². The summed E-state index contributed by atoms with van der Waals surface area (Å²) in [6.07, 6.45) is -4.95. The van der Waals surface area contributed by atoms with Crippen LogP contribution in [0.5, 0.6) is 0 Å². The predicted molar refractivity (Wildman–Crippen MR) is 329 cm³/mol. The van der Waals surface area contributed by atoms with Crippen LogP contribution < -0.4 is 0 Å². The third-order valence-electron chi connectivity index (χ3n) is 23.6. The minimum absolute atomic E-state index is 0.268. The quantitative estimate of drug-likeness (QED) is 0.223. The predicted octanol–water partition coefficient (Wildman–Crippen LogP) is 20.7. The summed E-state index contributed by atoms with van der Waals surface area (Å²) in [5.74, 6) is 0. The van der Waals surface area contributed by atoms with Crippen LogP contribution in [0.15, 0.2) is 0 Å². The Morgan fingerprint density at radius 2 is 0.375 bits per heavy atom. The van der Waals surface area contributed by atoms with Gasteiger partial charge in [0, 0.05) is 6.14 Å². The van der Waals surface area contributed by atoms with Gasteiger partial charge < -0.3 is 0 Å². The van der Waals surface area contributed by atoms with E-state index in [9.17, 15) is 0 Å². The molecule has 0 aromatic heterocycles. The zero-order chi connectivity index (χ0) is 53.2. The van der Waals surface area contributed by atoms with Crippen molar-refractivity contribution in [3.8, 4) is 0 Å². The van der Waals surface area contributed by atoms with Gasteiger partial charge in [-0.05, 0) is 74.3 Å². The summed E-state index contributed by atoms with van der Waals surface area (Å²) in [4.78, 5) is 0. The second-order valence-electron chi connectivity index (χ2n) is 36.0. The van der Waals surface area contributed by atoms with E-state index >= 15 is 0 Å². The van der Waals surface area contributed by atoms with E-state index in [-0.39, 0.29) is 30.2 Å². The number of rotatable bonds is 7. The summed E-state index contributed by atoms with van der Waals surface area (Å²) in [6.45, 7) is 122. The molecule has 0 saturated heterocycles. The average Bonchev–Trinajstić information content (AvgIpc) is 3.64. The van der Waals surface area contributed by atoms with Gasteiger partial charge in [0.05, 0.1) is 51.7 Å². The van der Waals surface area contributed by atoms with E-state index in [1.54, 1.807) is 0 Å². The Balaban J connectivity index is 6.75. The fourth-order valence-corrected chi connectivity index (χ4v) is 621. The van der Waals surface area contributed by atoms with Crippen LogP contribution in [0.4, 0.5) is 0 Å². The van der Waals surface area contributed by atoms with Gasteiger partial charge >= 0.3 is 0 Å². The molecule has 0 amide bonds. The lowest BCUT2D eigenvalue weighted by Crippen LogP contribution is -3.01. The molecule has 64 heavy (non-hydrogen) atoms. The maximum absolute atomic E-state index is 3.28. The molecule has 10 heteroatoms. The summed E-state index contributed by atoms with van der Waals surface area (Å²) in [5.41, 5.74) is 0. The molecule has 0 unspecified atom stereocenters. The van der Waals surface area contributed by atoms with Crippen LogP contribution in [0, 0.1) is 0 Å². The zero-order valence-electron chi connectivity index (χ0n) is 53.0. The summed E-state index contributed by atoms with van der Waals surface area (Å²) in [7, 11) is -14.0. The van der Waals surface area contributed by atoms with E-state index in [2.05, 4.69) is 289 Å². The van der Waals surface area contributed by atoms with Crippen molar-refractivity contribution in [2.24, 2.45) is 0 Å². The largest absolute Gasteiger partial charge is 0.0707 e. The molecule has 0 atom stereocenters. The normalized spacial score (nSPS) is 18.8. The van der Waals surface area contributed by atoms with Crippen molar-refractivity contribution in [3.63, 3.8) is 0 Å². The fourth-order valence-electron chi connectivity index (χ4n) is 18.2. The smallest absolute Gasteiger partial charge is 0.0632 e. The van der Waals surface area contributed by atoms with E-state index in [0.717, 1.165) is 0 Å². The van der Waals surface area contributed by atoms with E-state index in [1.165, 1.54) is 0 Å². The Morgan fingerprint density at radius 1 is 0.219 bits per heavy atom. The highest BCUT2D eigenvalue weighted by Gasteiger charge is 2.94. The molecular formula is C54H126Si10. The Morgan fingerprint density at radius 3 is 0.484 bits per heavy atom. The molecule has 1 aliphatic heterocycles. The van der Waals surface area contributed by atoms with Gasteiger partial charge in [-0.1, -0.05) is 289 Å². The minimum atomic E-state index is -2.61. The maximum Gasteiger partial charge on any atom is 0.0632 e. The molecule has 0 spiro atoms. The van der Waals surface area contributed by atoms with Crippen molar-refractivity contribution in [2.75, 3.05) is 0 Å². The van der Waals surface area contributed by atoms with Crippen LogP contribution in [-0.2, 0) is 0 Å². The first kappa shape index (κ1) is 64.2. The second-order valence-corrected chi connectivity index (χ2v) is 144. The fraction of sp³-hybridized carbons (Fsp3) is 1.00. The molecular weight excluding hydrogens is 929 g/mol. The van der Waals surface area contributed by atoms with Gasteiger partial charge in [-0.25, -0.2) is 0 Å². The van der Waals surface area contributed by atoms with Crippen molar-refractivity contribution < 1.29 is 0 Å². The Kier molecular flexibility index (Phi) is 16.4. The zero-order valence-corrected chi connectivity index (χ0v) is 63.0. The third-order valence-corrected chi connectivity index (χ3v) is 295. The highest BCUT2D eigenvalue weighted by atomic mass is 30.6. The molecule has 382 valence electrons. The molecule has 0 aromatic carbocycles. The molecule has 0 fully saturated rings. The number of hydrogen-bond acceptors (Lipinski definition) is 0. The minimum Gasteiger partial charge on any atom is -0.0707 e. The summed E-state index contributed by atoms with van der Waals surface area (Å²) < 4.78 is 0. The molecule has 1 aliphatic rings. The SMILES string of the molecule is CC(C)(C)[Si](C)([Si]1=[Si]([Si]([Si](C)(C(C)(C)C)C(C)(C)C)([Si](C)(C(C)(C)C)C(C)(C)C)[Si](C)(C(C)(C)C)C(C)(C)C)[Si]1([Si](C)(C(C)(C)C)C(C)(C)C)[Si](C)(C(C)(C)C)C(C)(C)C)C(C)(C)C. The van der Waals surface area contributed by atoms with E-state index < -0.39 is 71.7 Å². The lowest BCUT2D eigenvalue weighted by atomic mass is 10.2. The van der Waals surface area contributed by atoms with Gasteiger partial charge in [-0.3, -0.25) is 0 Å². The third kappa shape index (κ3) is 7.80. The Labute approximate surface area is 417 Å². The second kappa shape index (κ2) is 16.3. The van der Waals surface area contributed by atoms with E-state index in [4.69, 9.17) is 0 Å². The first-order valence-electron chi connectivity index (χ1n) is 26.5. The molecule has 0 radical (unpaired) electrons. The molecule has 1 rings (SSSR count). The highest BCUT2D eigenvalue weighted by molar-refractivity contribution is 8.38. The van der Waals surface area contributed by atoms with Crippen LogP contribution in [0.1, 0.15) is 249 Å². The molecule has 0 bridgehead atoms. The molecule has 0 aliphatic carbocycles. The standard InChI is InChI=1S/C54H126Si10/c1-43(2,3)57(37,44(4,5)6)55-56(63(55,58(38,45(7,8)9)46(10,11)12)59(39,47(13,14)15)48(16,17)18)64(60(40,49(19,20)21)50(22,23)24,61(41,51(25,26)27)52(28,29)30)62(42,53(31,32)33)54(34,35)36/h1-42H3. The van der Waals surface area contributed by atoms with Crippen molar-refractivity contribution in [2.45, 2.75) is 349 Å². The van der Waals surface area contributed by atoms with E-state index in [1.807, 2.05) is 0 Å². The lowest BCUT2D eigenvalue weighted by molar-refractivity contribution is 0.615. The van der Waals surface area contributed by atoms with Crippen LogP contribution in [-0.4, -0.2) is 71.7 Å². The topological polar surface area (TPSA) is 0 Å². The summed E-state index contributed by atoms with van der Waals surface area (Å²) in [6, 6.07) is 0. The summed E-state index contributed by atoms with van der Waals surface area (Å²) >= 11 is 0. The highest BCUT2D eigenvalue weighted by Crippen LogP contribution is 2.78. The van der Waals surface area contributed by atoms with Crippen LogP contribution in [0.2, 0.25) is 99.7 Å². The van der Waals surface area contributed by atoms with Crippen LogP contribution in [0.25, 0.3) is 0 Å². The van der Waals surface area contributed by atoms with Gasteiger partial charge in [0.25, 0.3) is 0 Å². The monoisotopic (exact) mass is 1050 g/mol. The molecule has 0 nitrogen and oxygen atoms in total.